The Balaban J connectivity index is 1.88. The van der Waals surface area contributed by atoms with Crippen molar-refractivity contribution in [3.8, 4) is 17.0 Å². The number of aliphatic carboxylic acids is 1. The SMILES string of the molecule is COc1ccc(-c2ccc(CCC(=O)O)n2CCc2ccccc2)cc1. The van der Waals surface area contributed by atoms with Crippen molar-refractivity contribution in [1.82, 2.24) is 4.57 Å². The van der Waals surface area contributed by atoms with Crippen molar-refractivity contribution in [3.05, 3.63) is 78.0 Å². The van der Waals surface area contributed by atoms with Crippen molar-refractivity contribution in [2.75, 3.05) is 7.11 Å². The molecule has 0 spiro atoms. The lowest BCUT2D eigenvalue weighted by Gasteiger charge is -2.14. The van der Waals surface area contributed by atoms with Crippen LogP contribution in [0.1, 0.15) is 17.7 Å². The van der Waals surface area contributed by atoms with Gasteiger partial charge in [0.05, 0.1) is 13.5 Å². The largest absolute Gasteiger partial charge is 0.497 e. The van der Waals surface area contributed by atoms with E-state index in [-0.39, 0.29) is 6.42 Å². The predicted octanol–water partition coefficient (Wildman–Crippen LogP) is 4.42. The molecule has 0 aliphatic heterocycles. The van der Waals surface area contributed by atoms with Gasteiger partial charge < -0.3 is 14.4 Å². The molecular weight excluding hydrogens is 326 g/mol. The molecule has 26 heavy (non-hydrogen) atoms. The van der Waals surface area contributed by atoms with Gasteiger partial charge in [-0.15, -0.1) is 0 Å². The van der Waals surface area contributed by atoms with Crippen LogP contribution >= 0.6 is 0 Å². The number of carboxylic acid groups (broad SMARTS) is 1. The number of rotatable bonds is 8. The van der Waals surface area contributed by atoms with Gasteiger partial charge in [0.15, 0.2) is 0 Å². The highest BCUT2D eigenvalue weighted by atomic mass is 16.5. The van der Waals surface area contributed by atoms with Crippen LogP contribution in [-0.4, -0.2) is 22.8 Å². The summed E-state index contributed by atoms with van der Waals surface area (Å²) in [6, 6.07) is 22.4. The van der Waals surface area contributed by atoms with E-state index in [1.807, 2.05) is 48.5 Å². The second-order valence-electron chi connectivity index (χ2n) is 6.22. The highest BCUT2D eigenvalue weighted by Gasteiger charge is 2.12. The number of methoxy groups -OCH3 is 1. The first-order chi connectivity index (χ1) is 12.7. The van der Waals surface area contributed by atoms with Gasteiger partial charge in [0.25, 0.3) is 0 Å². The summed E-state index contributed by atoms with van der Waals surface area (Å²) < 4.78 is 7.47. The van der Waals surface area contributed by atoms with E-state index in [1.54, 1.807) is 7.11 Å². The molecular formula is C22H23NO3. The fraction of sp³-hybridized carbons (Fsp3) is 0.227. The lowest BCUT2D eigenvalue weighted by atomic mass is 10.1. The maximum atomic E-state index is 11.0. The van der Waals surface area contributed by atoms with Gasteiger partial charge in [-0.1, -0.05) is 30.3 Å². The maximum Gasteiger partial charge on any atom is 0.303 e. The number of carboxylic acids is 1. The first-order valence-corrected chi connectivity index (χ1v) is 8.76. The van der Waals surface area contributed by atoms with E-state index in [4.69, 9.17) is 9.84 Å². The minimum atomic E-state index is -0.771. The molecule has 4 nitrogen and oxygen atoms in total. The monoisotopic (exact) mass is 349 g/mol. The molecule has 0 radical (unpaired) electrons. The van der Waals surface area contributed by atoms with Gasteiger partial charge in [-0.05, 0) is 60.4 Å². The Bertz CT molecular complexity index is 851. The fourth-order valence-corrected chi connectivity index (χ4v) is 3.13. The smallest absolute Gasteiger partial charge is 0.303 e. The van der Waals surface area contributed by atoms with Gasteiger partial charge in [-0.3, -0.25) is 4.79 Å². The van der Waals surface area contributed by atoms with Crippen LogP contribution < -0.4 is 4.74 Å². The Morgan fingerprint density at radius 2 is 1.69 bits per heavy atom. The summed E-state index contributed by atoms with van der Waals surface area (Å²) >= 11 is 0. The molecule has 0 fully saturated rings. The Labute approximate surface area is 153 Å². The minimum Gasteiger partial charge on any atom is -0.497 e. The molecule has 1 heterocycles. The van der Waals surface area contributed by atoms with Crippen LogP contribution in [-0.2, 0) is 24.2 Å². The van der Waals surface area contributed by atoms with Crippen LogP contribution in [0.4, 0.5) is 0 Å². The van der Waals surface area contributed by atoms with Crippen LogP contribution in [0.15, 0.2) is 66.7 Å². The molecule has 134 valence electrons. The van der Waals surface area contributed by atoms with Gasteiger partial charge in [-0.25, -0.2) is 0 Å². The molecule has 1 N–H and O–H groups in total. The standard InChI is InChI=1S/C22H23NO3/c1-26-20-11-7-18(8-12-20)21-13-9-19(10-14-22(24)25)23(21)16-15-17-5-3-2-4-6-17/h2-9,11-13H,10,14-16H2,1H3,(H,24,25). The Hall–Kier alpha value is -3.01. The molecule has 4 heteroatoms. The summed E-state index contributed by atoms with van der Waals surface area (Å²) in [4.78, 5) is 11.0. The van der Waals surface area contributed by atoms with Gasteiger partial charge >= 0.3 is 5.97 Å². The Morgan fingerprint density at radius 3 is 2.35 bits per heavy atom. The summed E-state index contributed by atoms with van der Waals surface area (Å²) in [6.45, 7) is 0.813. The number of aryl methyl sites for hydroxylation is 2. The number of benzene rings is 2. The fourth-order valence-electron chi connectivity index (χ4n) is 3.13. The highest BCUT2D eigenvalue weighted by Crippen LogP contribution is 2.26. The molecule has 0 atom stereocenters. The van der Waals surface area contributed by atoms with E-state index in [2.05, 4.69) is 22.8 Å². The zero-order valence-electron chi connectivity index (χ0n) is 14.9. The quantitative estimate of drug-likeness (QED) is 0.655. The van der Waals surface area contributed by atoms with Crippen molar-refractivity contribution in [1.29, 1.82) is 0 Å². The molecule has 2 aromatic carbocycles. The van der Waals surface area contributed by atoms with Crippen molar-refractivity contribution in [2.45, 2.75) is 25.8 Å². The zero-order chi connectivity index (χ0) is 18.4. The van der Waals surface area contributed by atoms with Crippen LogP contribution in [0.25, 0.3) is 11.3 Å². The molecule has 0 saturated carbocycles. The van der Waals surface area contributed by atoms with Crippen molar-refractivity contribution in [3.63, 3.8) is 0 Å². The van der Waals surface area contributed by atoms with Crippen molar-refractivity contribution < 1.29 is 14.6 Å². The third kappa shape index (κ3) is 4.33. The van der Waals surface area contributed by atoms with Gasteiger partial charge in [-0.2, -0.15) is 0 Å². The van der Waals surface area contributed by atoms with Crippen molar-refractivity contribution in [2.24, 2.45) is 0 Å². The van der Waals surface area contributed by atoms with E-state index in [0.29, 0.717) is 6.42 Å². The number of carbonyl (C=O) groups is 1. The number of nitrogens with zero attached hydrogens (tertiary/aromatic N) is 1. The minimum absolute atomic E-state index is 0.136. The van der Waals surface area contributed by atoms with E-state index in [9.17, 15) is 4.79 Å². The van der Waals surface area contributed by atoms with Crippen LogP contribution in [0.2, 0.25) is 0 Å². The number of ether oxygens (including phenoxy) is 1. The average Bonchev–Trinajstić information content (AvgIpc) is 3.08. The molecule has 0 aliphatic carbocycles. The normalized spacial score (nSPS) is 10.7. The number of aromatic nitrogens is 1. The molecule has 0 aliphatic rings. The lowest BCUT2D eigenvalue weighted by Crippen LogP contribution is -2.09. The highest BCUT2D eigenvalue weighted by molar-refractivity contribution is 5.67. The van der Waals surface area contributed by atoms with Gasteiger partial charge in [0.1, 0.15) is 5.75 Å². The Morgan fingerprint density at radius 1 is 0.962 bits per heavy atom. The Kier molecular flexibility index (Phi) is 5.74. The molecule has 0 amide bonds. The second kappa shape index (κ2) is 8.39. The first-order valence-electron chi connectivity index (χ1n) is 8.76. The third-order valence-corrected chi connectivity index (χ3v) is 4.52. The van der Waals surface area contributed by atoms with Crippen LogP contribution in [0.5, 0.6) is 5.75 Å². The average molecular weight is 349 g/mol. The molecule has 0 unspecified atom stereocenters. The maximum absolute atomic E-state index is 11.0. The summed E-state index contributed by atoms with van der Waals surface area (Å²) in [7, 11) is 1.65. The summed E-state index contributed by atoms with van der Waals surface area (Å²) in [5, 5.41) is 9.03. The first kappa shape index (κ1) is 17.8. The van der Waals surface area contributed by atoms with E-state index >= 15 is 0 Å². The van der Waals surface area contributed by atoms with Crippen molar-refractivity contribution >= 4 is 5.97 Å². The van der Waals surface area contributed by atoms with E-state index in [0.717, 1.165) is 35.7 Å². The van der Waals surface area contributed by atoms with Gasteiger partial charge in [0, 0.05) is 17.9 Å². The molecule has 3 aromatic rings. The summed E-state index contributed by atoms with van der Waals surface area (Å²) in [5.41, 5.74) is 4.52. The number of hydrogen-bond donors (Lipinski definition) is 1. The number of hydrogen-bond acceptors (Lipinski definition) is 2. The molecule has 1 aromatic heterocycles. The zero-order valence-corrected chi connectivity index (χ0v) is 14.9. The second-order valence-corrected chi connectivity index (χ2v) is 6.22. The van der Waals surface area contributed by atoms with Gasteiger partial charge in [0.2, 0.25) is 0 Å². The molecule has 3 rings (SSSR count). The van der Waals surface area contributed by atoms with Crippen LogP contribution in [0, 0.1) is 0 Å². The topological polar surface area (TPSA) is 51.5 Å². The summed E-state index contributed by atoms with van der Waals surface area (Å²) in [5.74, 6) is 0.0500. The predicted molar refractivity (Wildman–Crippen MR) is 103 cm³/mol. The van der Waals surface area contributed by atoms with Crippen LogP contribution in [0.3, 0.4) is 0 Å². The summed E-state index contributed by atoms with van der Waals surface area (Å²) in [6.07, 6.45) is 1.57. The van der Waals surface area contributed by atoms with E-state index < -0.39 is 5.97 Å². The molecule has 0 bridgehead atoms. The lowest BCUT2D eigenvalue weighted by molar-refractivity contribution is -0.136. The third-order valence-electron chi connectivity index (χ3n) is 4.52. The molecule has 0 saturated heterocycles. The van der Waals surface area contributed by atoms with E-state index in [1.165, 1.54) is 5.56 Å².